The molecular formula is C17H18N4O7. The molecule has 2 aromatic rings. The zero-order valence-corrected chi connectivity index (χ0v) is 15.1. The molecule has 2 atom stereocenters. The fourth-order valence-electron chi connectivity index (χ4n) is 3.62. The van der Waals surface area contributed by atoms with Crippen LogP contribution in [0.3, 0.4) is 0 Å². The highest BCUT2D eigenvalue weighted by atomic mass is 16.6. The molecule has 1 amide bonds. The van der Waals surface area contributed by atoms with Gasteiger partial charge in [0.25, 0.3) is 0 Å². The summed E-state index contributed by atoms with van der Waals surface area (Å²) in [5.74, 6) is -1.34. The minimum Gasteiger partial charge on any atom is -0.480 e. The number of carbonyl (C=O) groups is 2. The Hall–Kier alpha value is -3.63. The van der Waals surface area contributed by atoms with Crippen molar-refractivity contribution in [3.63, 3.8) is 0 Å². The summed E-state index contributed by atoms with van der Waals surface area (Å²) in [5, 5.41) is 31.1. The number of nitrogens with zero attached hydrogens (tertiary/aromatic N) is 4. The molecule has 1 aromatic heterocycles. The van der Waals surface area contributed by atoms with E-state index in [1.807, 2.05) is 0 Å². The van der Waals surface area contributed by atoms with Crippen molar-refractivity contribution >= 4 is 34.3 Å². The van der Waals surface area contributed by atoms with Crippen molar-refractivity contribution in [2.45, 2.75) is 19.0 Å². The number of aryl methyl sites for hydroxylation is 1. The van der Waals surface area contributed by atoms with E-state index in [1.54, 1.807) is 31.2 Å². The second-order valence-corrected chi connectivity index (χ2v) is 6.63. The van der Waals surface area contributed by atoms with Crippen molar-refractivity contribution in [2.75, 3.05) is 18.0 Å². The van der Waals surface area contributed by atoms with Crippen LogP contribution in [0.1, 0.15) is 6.92 Å². The standard InChI is InChI=1S/C17H18N4O7/c1-9-7-20(12(16(23)24)8-19(9)17(25)26)13-10-5-3-4-6-11(10)18(2)15(22)14(13)21(27)28/h3-6,9,12H,7-8H2,1-2H3,(H,23,24)(H,25,26)/t9-,12-/m1/s1. The number of anilines is 1. The normalized spacial score (nSPS) is 19.6. The minimum absolute atomic E-state index is 0.104. The zero-order chi connectivity index (χ0) is 20.7. The molecule has 1 saturated heterocycles. The SMILES string of the molecule is C[C@@H]1CN(c2c([N+](=O)[O-])c(=O)n(C)c3ccccc23)[C@@H](C(=O)O)CN1C(=O)O. The lowest BCUT2D eigenvalue weighted by Gasteiger charge is -2.43. The summed E-state index contributed by atoms with van der Waals surface area (Å²) in [5.41, 5.74) is -1.29. The van der Waals surface area contributed by atoms with Gasteiger partial charge < -0.3 is 24.6 Å². The Kier molecular flexibility index (Phi) is 4.67. The first-order valence-electron chi connectivity index (χ1n) is 8.40. The molecule has 0 unspecified atom stereocenters. The van der Waals surface area contributed by atoms with Gasteiger partial charge in [-0.25, -0.2) is 9.59 Å². The van der Waals surface area contributed by atoms with Gasteiger partial charge in [-0.05, 0) is 13.0 Å². The van der Waals surface area contributed by atoms with Crippen LogP contribution in [0.5, 0.6) is 0 Å². The average Bonchev–Trinajstić information content (AvgIpc) is 2.63. The number of fused-ring (bicyclic) bond motifs is 1. The number of amides is 1. The van der Waals surface area contributed by atoms with E-state index in [0.29, 0.717) is 10.9 Å². The van der Waals surface area contributed by atoms with Crippen molar-refractivity contribution in [1.29, 1.82) is 0 Å². The molecule has 0 spiro atoms. The number of para-hydroxylation sites is 1. The molecule has 11 nitrogen and oxygen atoms in total. The summed E-state index contributed by atoms with van der Waals surface area (Å²) in [7, 11) is 1.40. The van der Waals surface area contributed by atoms with Gasteiger partial charge >= 0.3 is 23.3 Å². The van der Waals surface area contributed by atoms with Crippen LogP contribution in [0.15, 0.2) is 29.1 Å². The number of carboxylic acid groups (broad SMARTS) is 2. The molecule has 11 heteroatoms. The summed E-state index contributed by atoms with van der Waals surface area (Å²) < 4.78 is 1.14. The number of aromatic nitrogens is 1. The first-order chi connectivity index (χ1) is 13.1. The fourth-order valence-corrected chi connectivity index (χ4v) is 3.62. The Morgan fingerprint density at radius 1 is 1.21 bits per heavy atom. The number of aliphatic carboxylic acids is 1. The molecule has 1 aliphatic rings. The second-order valence-electron chi connectivity index (χ2n) is 6.63. The Labute approximate surface area is 158 Å². The second kappa shape index (κ2) is 6.83. The van der Waals surface area contributed by atoms with Gasteiger partial charge in [0.15, 0.2) is 0 Å². The van der Waals surface area contributed by atoms with Gasteiger partial charge in [0.1, 0.15) is 11.7 Å². The number of rotatable bonds is 3. The van der Waals surface area contributed by atoms with Crippen LogP contribution < -0.4 is 10.5 Å². The van der Waals surface area contributed by atoms with E-state index >= 15 is 0 Å². The number of hydrogen-bond acceptors (Lipinski definition) is 6. The number of benzene rings is 1. The van der Waals surface area contributed by atoms with Crippen LogP contribution in [0.2, 0.25) is 0 Å². The van der Waals surface area contributed by atoms with Crippen molar-refractivity contribution < 1.29 is 24.7 Å². The van der Waals surface area contributed by atoms with Gasteiger partial charge in [0, 0.05) is 25.0 Å². The van der Waals surface area contributed by atoms with Crippen LogP contribution in [-0.4, -0.2) is 61.8 Å². The van der Waals surface area contributed by atoms with Gasteiger partial charge in [-0.1, -0.05) is 18.2 Å². The van der Waals surface area contributed by atoms with Gasteiger partial charge in [0.2, 0.25) is 0 Å². The van der Waals surface area contributed by atoms with Crippen molar-refractivity contribution in [3.05, 3.63) is 44.7 Å². The number of hydrogen-bond donors (Lipinski definition) is 2. The Morgan fingerprint density at radius 2 is 1.86 bits per heavy atom. The monoisotopic (exact) mass is 390 g/mol. The van der Waals surface area contributed by atoms with Gasteiger partial charge in [-0.15, -0.1) is 0 Å². The highest BCUT2D eigenvalue weighted by Gasteiger charge is 2.42. The molecule has 1 aliphatic heterocycles. The Bertz CT molecular complexity index is 1050. The van der Waals surface area contributed by atoms with Crippen LogP contribution in [0.25, 0.3) is 10.9 Å². The van der Waals surface area contributed by atoms with Crippen molar-refractivity contribution in [1.82, 2.24) is 9.47 Å². The first kappa shape index (κ1) is 19.1. The zero-order valence-electron chi connectivity index (χ0n) is 15.1. The van der Waals surface area contributed by atoms with Gasteiger partial charge in [0.05, 0.1) is 17.0 Å². The lowest BCUT2D eigenvalue weighted by Crippen LogP contribution is -2.61. The molecule has 28 heavy (non-hydrogen) atoms. The molecule has 0 bridgehead atoms. The van der Waals surface area contributed by atoms with Gasteiger partial charge in [-0.2, -0.15) is 0 Å². The van der Waals surface area contributed by atoms with Crippen molar-refractivity contribution in [3.8, 4) is 0 Å². The summed E-state index contributed by atoms with van der Waals surface area (Å²) in [6, 6.07) is 4.47. The Morgan fingerprint density at radius 3 is 2.43 bits per heavy atom. The first-order valence-corrected chi connectivity index (χ1v) is 8.40. The third-order valence-electron chi connectivity index (χ3n) is 4.99. The number of carboxylic acids is 1. The van der Waals surface area contributed by atoms with E-state index in [0.717, 1.165) is 9.47 Å². The molecule has 2 N–H and O–H groups in total. The summed E-state index contributed by atoms with van der Waals surface area (Å²) in [6.07, 6.45) is -1.28. The molecule has 0 saturated carbocycles. The smallest absolute Gasteiger partial charge is 0.407 e. The quantitative estimate of drug-likeness (QED) is 0.585. The highest BCUT2D eigenvalue weighted by molar-refractivity contribution is 5.98. The molecule has 0 aliphatic carbocycles. The predicted octanol–water partition coefficient (Wildman–Crippen LogP) is 1.09. The fraction of sp³-hybridized carbons (Fsp3) is 0.353. The molecule has 1 aromatic carbocycles. The van der Waals surface area contributed by atoms with Crippen LogP contribution in [-0.2, 0) is 11.8 Å². The molecule has 1 fully saturated rings. The molecule has 3 rings (SSSR count). The summed E-state index contributed by atoms with van der Waals surface area (Å²) >= 11 is 0. The topological polar surface area (TPSA) is 146 Å². The lowest BCUT2D eigenvalue weighted by molar-refractivity contribution is -0.385. The summed E-state index contributed by atoms with van der Waals surface area (Å²) in [6.45, 7) is 1.09. The number of pyridine rings is 1. The van der Waals surface area contributed by atoms with E-state index in [1.165, 1.54) is 11.9 Å². The maximum atomic E-state index is 12.7. The third kappa shape index (κ3) is 2.90. The predicted molar refractivity (Wildman–Crippen MR) is 98.8 cm³/mol. The minimum atomic E-state index is -1.37. The van der Waals surface area contributed by atoms with Crippen molar-refractivity contribution in [2.24, 2.45) is 7.05 Å². The maximum Gasteiger partial charge on any atom is 0.407 e. The highest BCUT2D eigenvalue weighted by Crippen LogP contribution is 2.36. The molecule has 0 radical (unpaired) electrons. The van der Waals surface area contributed by atoms with E-state index in [-0.39, 0.29) is 18.8 Å². The van der Waals surface area contributed by atoms with Crippen LogP contribution in [0, 0.1) is 10.1 Å². The average molecular weight is 390 g/mol. The maximum absolute atomic E-state index is 12.7. The lowest BCUT2D eigenvalue weighted by atomic mass is 10.0. The number of nitro groups is 1. The molecular weight excluding hydrogens is 372 g/mol. The van der Waals surface area contributed by atoms with E-state index < -0.39 is 40.3 Å². The van der Waals surface area contributed by atoms with E-state index in [2.05, 4.69) is 0 Å². The van der Waals surface area contributed by atoms with Crippen LogP contribution >= 0.6 is 0 Å². The van der Waals surface area contributed by atoms with E-state index in [9.17, 15) is 34.7 Å². The third-order valence-corrected chi connectivity index (χ3v) is 4.99. The van der Waals surface area contributed by atoms with Gasteiger partial charge in [-0.3, -0.25) is 14.9 Å². The summed E-state index contributed by atoms with van der Waals surface area (Å²) in [4.78, 5) is 49.1. The molecule has 2 heterocycles. The Balaban J connectivity index is 2.32. The largest absolute Gasteiger partial charge is 0.480 e. The molecule has 148 valence electrons. The van der Waals surface area contributed by atoms with Crippen LogP contribution in [0.4, 0.5) is 16.2 Å². The number of piperazine rings is 1. The van der Waals surface area contributed by atoms with E-state index in [4.69, 9.17) is 0 Å².